The highest BCUT2D eigenvalue weighted by atomic mass is 32.2. The first kappa shape index (κ1) is 11.2. The molecule has 0 atom stereocenters. The van der Waals surface area contributed by atoms with Crippen LogP contribution in [-0.4, -0.2) is 28.4 Å². The van der Waals surface area contributed by atoms with Crippen molar-refractivity contribution in [1.82, 2.24) is 5.32 Å². The summed E-state index contributed by atoms with van der Waals surface area (Å²) in [6, 6.07) is 3.14. The van der Waals surface area contributed by atoms with Crippen LogP contribution in [0, 0.1) is 0 Å². The van der Waals surface area contributed by atoms with Crippen LogP contribution < -0.4 is 5.32 Å². The summed E-state index contributed by atoms with van der Waals surface area (Å²) in [7, 11) is 1.84. The molecule has 78 valence electrons. The molecule has 4 nitrogen and oxygen atoms in total. The van der Waals surface area contributed by atoms with Crippen molar-refractivity contribution in [3.63, 3.8) is 0 Å². The molecular weight excluding hydrogens is 202 g/mol. The maximum atomic E-state index is 9.32. The van der Waals surface area contributed by atoms with Gasteiger partial charge in [0.2, 0.25) is 0 Å². The van der Waals surface area contributed by atoms with E-state index in [0.29, 0.717) is 12.0 Å². The minimum atomic E-state index is -0.272. The van der Waals surface area contributed by atoms with Gasteiger partial charge in [0.15, 0.2) is 11.5 Å². The zero-order valence-corrected chi connectivity index (χ0v) is 8.64. The van der Waals surface area contributed by atoms with Gasteiger partial charge in [-0.15, -0.1) is 0 Å². The van der Waals surface area contributed by atoms with Gasteiger partial charge in [-0.1, -0.05) is 0 Å². The molecule has 14 heavy (non-hydrogen) atoms. The number of hydrogen-bond acceptors (Lipinski definition) is 5. The number of likely N-dealkylation sites (N-methyl/N-ethyl adjacent to an activating group) is 1. The average molecular weight is 215 g/mol. The largest absolute Gasteiger partial charge is 0.504 e. The molecular formula is C9H13NO3S. The summed E-state index contributed by atoms with van der Waals surface area (Å²) in [4.78, 5) is 0.274. The van der Waals surface area contributed by atoms with E-state index in [1.165, 1.54) is 6.07 Å². The number of aromatic hydroxyl groups is 2. The Morgan fingerprint density at radius 2 is 2.07 bits per heavy atom. The minimum Gasteiger partial charge on any atom is -0.504 e. The Balaban J connectivity index is 2.91. The van der Waals surface area contributed by atoms with E-state index >= 15 is 0 Å². The third-order valence-corrected chi connectivity index (χ3v) is 2.38. The van der Waals surface area contributed by atoms with Gasteiger partial charge in [0.1, 0.15) is 0 Å². The molecule has 0 unspecified atom stereocenters. The van der Waals surface area contributed by atoms with E-state index in [9.17, 15) is 10.2 Å². The van der Waals surface area contributed by atoms with Crippen LogP contribution in [0.2, 0.25) is 0 Å². The standard InChI is InChI=1S/C9H13NO3S/c1-10-3-2-6-4-7(11)9(12)8(5-6)14-13/h4-5,10-13H,2-3H2,1H3. The highest BCUT2D eigenvalue weighted by Crippen LogP contribution is 2.35. The second kappa shape index (κ2) is 5.09. The predicted molar refractivity (Wildman–Crippen MR) is 55.9 cm³/mol. The van der Waals surface area contributed by atoms with Gasteiger partial charge in [0, 0.05) is 12.0 Å². The molecule has 0 saturated heterocycles. The fourth-order valence-electron chi connectivity index (χ4n) is 1.13. The third-order valence-electron chi connectivity index (χ3n) is 1.88. The van der Waals surface area contributed by atoms with E-state index in [2.05, 4.69) is 5.32 Å². The Kier molecular flexibility index (Phi) is 4.06. The molecule has 4 N–H and O–H groups in total. The SMILES string of the molecule is CNCCc1cc(O)c(O)c(SO)c1. The Bertz CT molecular complexity index is 317. The van der Waals surface area contributed by atoms with Crippen molar-refractivity contribution in [3.8, 4) is 11.5 Å². The van der Waals surface area contributed by atoms with Crippen LogP contribution >= 0.6 is 12.0 Å². The van der Waals surface area contributed by atoms with Crippen molar-refractivity contribution in [3.05, 3.63) is 17.7 Å². The molecule has 0 bridgehead atoms. The molecule has 5 heteroatoms. The second-order valence-corrected chi connectivity index (χ2v) is 3.53. The van der Waals surface area contributed by atoms with E-state index in [4.69, 9.17) is 4.55 Å². The average Bonchev–Trinajstić information content (AvgIpc) is 2.19. The maximum Gasteiger partial charge on any atom is 0.173 e. The summed E-state index contributed by atoms with van der Waals surface area (Å²) in [5, 5.41) is 21.6. The Hall–Kier alpha value is -0.910. The van der Waals surface area contributed by atoms with E-state index < -0.39 is 0 Å². The van der Waals surface area contributed by atoms with Crippen LogP contribution in [0.25, 0.3) is 0 Å². The van der Waals surface area contributed by atoms with E-state index in [1.54, 1.807) is 6.07 Å². The predicted octanol–water partition coefficient (Wildman–Crippen LogP) is 1.42. The molecule has 0 aliphatic heterocycles. The first-order valence-electron chi connectivity index (χ1n) is 4.20. The van der Waals surface area contributed by atoms with Gasteiger partial charge in [0.05, 0.1) is 4.90 Å². The Morgan fingerprint density at radius 1 is 1.36 bits per heavy atom. The van der Waals surface area contributed by atoms with Crippen LogP contribution in [0.3, 0.4) is 0 Å². The molecule has 0 aromatic heterocycles. The van der Waals surface area contributed by atoms with Gasteiger partial charge in [-0.3, -0.25) is 0 Å². The number of rotatable bonds is 4. The monoisotopic (exact) mass is 215 g/mol. The number of phenols is 2. The molecule has 1 aromatic carbocycles. The van der Waals surface area contributed by atoms with Gasteiger partial charge in [-0.2, -0.15) is 0 Å². The molecule has 0 heterocycles. The van der Waals surface area contributed by atoms with Crippen molar-refractivity contribution in [2.45, 2.75) is 11.3 Å². The second-order valence-electron chi connectivity index (χ2n) is 2.91. The highest BCUT2D eigenvalue weighted by molar-refractivity contribution is 7.93. The fourth-order valence-corrected chi connectivity index (χ4v) is 1.53. The van der Waals surface area contributed by atoms with Gasteiger partial charge < -0.3 is 20.1 Å². The Morgan fingerprint density at radius 3 is 2.64 bits per heavy atom. The normalized spacial score (nSPS) is 10.4. The van der Waals surface area contributed by atoms with Gasteiger partial charge in [-0.25, -0.2) is 0 Å². The van der Waals surface area contributed by atoms with Crippen LogP contribution in [0.5, 0.6) is 11.5 Å². The number of hydrogen-bond donors (Lipinski definition) is 4. The van der Waals surface area contributed by atoms with Gasteiger partial charge >= 0.3 is 0 Å². The van der Waals surface area contributed by atoms with Crippen molar-refractivity contribution in [2.75, 3.05) is 13.6 Å². The smallest absolute Gasteiger partial charge is 0.173 e. The first-order valence-corrected chi connectivity index (χ1v) is 4.97. The van der Waals surface area contributed by atoms with Gasteiger partial charge in [-0.05, 0) is 37.7 Å². The van der Waals surface area contributed by atoms with Crippen LogP contribution in [0.1, 0.15) is 5.56 Å². The summed E-state index contributed by atoms with van der Waals surface area (Å²) in [5.41, 5.74) is 0.867. The maximum absolute atomic E-state index is 9.32. The molecule has 0 saturated carbocycles. The summed E-state index contributed by atoms with van der Waals surface area (Å²) in [6.45, 7) is 0.778. The number of phenolic OH excluding ortho intramolecular Hbond substituents is 2. The van der Waals surface area contributed by atoms with E-state index in [0.717, 1.165) is 18.5 Å². The van der Waals surface area contributed by atoms with E-state index in [1.807, 2.05) is 7.05 Å². The first-order chi connectivity index (χ1) is 6.69. The molecule has 0 fully saturated rings. The molecule has 1 rings (SSSR count). The van der Waals surface area contributed by atoms with Crippen molar-refractivity contribution in [1.29, 1.82) is 0 Å². The summed E-state index contributed by atoms with van der Waals surface area (Å²) in [6.07, 6.45) is 0.734. The topological polar surface area (TPSA) is 72.7 Å². The van der Waals surface area contributed by atoms with Gasteiger partial charge in [0.25, 0.3) is 0 Å². The highest BCUT2D eigenvalue weighted by Gasteiger charge is 2.08. The summed E-state index contributed by atoms with van der Waals surface area (Å²) in [5.74, 6) is -0.471. The molecule has 0 amide bonds. The minimum absolute atomic E-state index is 0.199. The molecule has 0 radical (unpaired) electrons. The number of benzene rings is 1. The number of nitrogens with one attached hydrogen (secondary N) is 1. The molecule has 1 aromatic rings. The molecule has 0 aliphatic rings. The fraction of sp³-hybridized carbons (Fsp3) is 0.333. The van der Waals surface area contributed by atoms with E-state index in [-0.39, 0.29) is 16.4 Å². The zero-order valence-electron chi connectivity index (χ0n) is 7.82. The van der Waals surface area contributed by atoms with Crippen LogP contribution in [0.4, 0.5) is 0 Å². The summed E-state index contributed by atoms with van der Waals surface area (Å²) >= 11 is 0.427. The lowest BCUT2D eigenvalue weighted by Gasteiger charge is -2.06. The van der Waals surface area contributed by atoms with Crippen molar-refractivity contribution >= 4 is 12.0 Å². The lowest BCUT2D eigenvalue weighted by molar-refractivity contribution is 0.393. The van der Waals surface area contributed by atoms with Crippen LogP contribution in [-0.2, 0) is 6.42 Å². The lowest BCUT2D eigenvalue weighted by Crippen LogP contribution is -2.10. The van der Waals surface area contributed by atoms with Crippen LogP contribution in [0.15, 0.2) is 17.0 Å². The van der Waals surface area contributed by atoms with Crippen molar-refractivity contribution in [2.24, 2.45) is 0 Å². The molecule has 0 spiro atoms. The quantitative estimate of drug-likeness (QED) is 0.451. The van der Waals surface area contributed by atoms with Crippen molar-refractivity contribution < 1.29 is 14.8 Å². The Labute approximate surface area is 86.8 Å². The molecule has 0 aliphatic carbocycles. The zero-order chi connectivity index (χ0) is 10.6. The lowest BCUT2D eigenvalue weighted by atomic mass is 10.1. The summed E-state index contributed by atoms with van der Waals surface area (Å²) < 4.78 is 8.82. The third kappa shape index (κ3) is 2.54.